The van der Waals surface area contributed by atoms with Gasteiger partial charge in [0, 0.05) is 5.92 Å². The van der Waals surface area contributed by atoms with E-state index >= 15 is 0 Å². The first-order valence-corrected chi connectivity index (χ1v) is 5.30. The normalized spacial score (nSPS) is 12.0. The summed E-state index contributed by atoms with van der Waals surface area (Å²) in [5, 5.41) is 8.89. The van der Waals surface area contributed by atoms with Crippen molar-refractivity contribution in [3.63, 3.8) is 0 Å². The Morgan fingerprint density at radius 2 is 1.93 bits per heavy atom. The predicted octanol–water partition coefficient (Wildman–Crippen LogP) is 3.56. The van der Waals surface area contributed by atoms with E-state index in [4.69, 9.17) is 5.26 Å². The lowest BCUT2D eigenvalue weighted by Crippen LogP contribution is -1.98. The first kappa shape index (κ1) is 10.8. The molecule has 0 N–H and O–H groups in total. The highest BCUT2D eigenvalue weighted by Crippen LogP contribution is 2.13. The van der Waals surface area contributed by atoms with Gasteiger partial charge >= 0.3 is 0 Å². The summed E-state index contributed by atoms with van der Waals surface area (Å²) in [6.45, 7) is 2.13. The first-order chi connectivity index (χ1) is 6.86. The minimum Gasteiger partial charge on any atom is -0.198 e. The number of benzene rings is 1. The fraction of sp³-hybridized carbons (Fsp3) is 0.462. The second-order valence-corrected chi connectivity index (χ2v) is 3.64. The molecule has 1 unspecified atom stereocenters. The topological polar surface area (TPSA) is 23.8 Å². The maximum atomic E-state index is 8.89. The van der Waals surface area contributed by atoms with Gasteiger partial charge in [0.25, 0.3) is 0 Å². The van der Waals surface area contributed by atoms with Crippen molar-refractivity contribution >= 4 is 0 Å². The lowest BCUT2D eigenvalue weighted by molar-refractivity contribution is 0.548. The van der Waals surface area contributed by atoms with Gasteiger partial charge in [0.1, 0.15) is 0 Å². The zero-order valence-electron chi connectivity index (χ0n) is 8.74. The molecular weight excluding hydrogens is 170 g/mol. The summed E-state index contributed by atoms with van der Waals surface area (Å²) in [5.74, 6) is 0.236. The van der Waals surface area contributed by atoms with E-state index in [9.17, 15) is 0 Å². The van der Waals surface area contributed by atoms with Crippen LogP contribution in [0.4, 0.5) is 0 Å². The van der Waals surface area contributed by atoms with E-state index in [-0.39, 0.29) is 5.92 Å². The molecule has 0 aliphatic rings. The van der Waals surface area contributed by atoms with Gasteiger partial charge in [-0.15, -0.1) is 0 Å². The maximum Gasteiger partial charge on any atom is 0.0655 e. The predicted molar refractivity (Wildman–Crippen MR) is 58.8 cm³/mol. The first-order valence-electron chi connectivity index (χ1n) is 5.30. The van der Waals surface area contributed by atoms with Gasteiger partial charge in [-0.05, 0) is 24.8 Å². The number of nitrogens with zero attached hydrogens (tertiary/aromatic N) is 1. The Labute approximate surface area is 86.4 Å². The molecule has 1 aromatic rings. The number of hydrogen-bond donors (Lipinski definition) is 0. The molecule has 0 amide bonds. The summed E-state index contributed by atoms with van der Waals surface area (Å²) in [6.07, 6.45) is 4.16. The Morgan fingerprint density at radius 1 is 1.21 bits per heavy atom. The van der Waals surface area contributed by atoms with E-state index in [1.165, 1.54) is 5.56 Å². The molecular formula is C13H17N. The Bertz CT molecular complexity index is 284. The van der Waals surface area contributed by atoms with E-state index in [0.717, 1.165) is 25.7 Å². The summed E-state index contributed by atoms with van der Waals surface area (Å²) in [7, 11) is 0. The van der Waals surface area contributed by atoms with Gasteiger partial charge in [0.05, 0.1) is 6.07 Å². The second-order valence-electron chi connectivity index (χ2n) is 3.64. The molecule has 1 nitrogen and oxygen atoms in total. The molecule has 0 aromatic heterocycles. The Hall–Kier alpha value is -1.29. The van der Waals surface area contributed by atoms with Crippen LogP contribution in [0, 0.1) is 17.2 Å². The van der Waals surface area contributed by atoms with Crippen molar-refractivity contribution in [1.82, 2.24) is 0 Å². The van der Waals surface area contributed by atoms with Gasteiger partial charge in [0.2, 0.25) is 0 Å². The van der Waals surface area contributed by atoms with Crippen LogP contribution >= 0.6 is 0 Å². The van der Waals surface area contributed by atoms with Crippen LogP contribution < -0.4 is 0 Å². The molecule has 1 heteroatoms. The summed E-state index contributed by atoms with van der Waals surface area (Å²) in [4.78, 5) is 0. The van der Waals surface area contributed by atoms with Gasteiger partial charge in [0.15, 0.2) is 0 Å². The van der Waals surface area contributed by atoms with E-state index < -0.39 is 0 Å². The molecule has 0 saturated carbocycles. The van der Waals surface area contributed by atoms with Gasteiger partial charge in [-0.1, -0.05) is 43.7 Å². The lowest BCUT2D eigenvalue weighted by atomic mass is 9.97. The van der Waals surface area contributed by atoms with E-state index in [0.29, 0.717) is 0 Å². The largest absolute Gasteiger partial charge is 0.198 e. The molecule has 1 rings (SSSR count). The average Bonchev–Trinajstić information content (AvgIpc) is 2.25. The molecule has 0 bridgehead atoms. The van der Waals surface area contributed by atoms with Gasteiger partial charge in [-0.2, -0.15) is 5.26 Å². The molecule has 1 aromatic carbocycles. The van der Waals surface area contributed by atoms with E-state index in [1.54, 1.807) is 0 Å². The van der Waals surface area contributed by atoms with E-state index in [1.807, 2.05) is 6.07 Å². The fourth-order valence-electron chi connectivity index (χ4n) is 1.61. The van der Waals surface area contributed by atoms with Gasteiger partial charge in [-0.3, -0.25) is 0 Å². The van der Waals surface area contributed by atoms with Crippen molar-refractivity contribution in [3.05, 3.63) is 35.9 Å². The zero-order valence-corrected chi connectivity index (χ0v) is 8.74. The van der Waals surface area contributed by atoms with Crippen LogP contribution in [0.5, 0.6) is 0 Å². The van der Waals surface area contributed by atoms with Crippen LogP contribution in [0.25, 0.3) is 0 Å². The summed E-state index contributed by atoms with van der Waals surface area (Å²) < 4.78 is 0. The smallest absolute Gasteiger partial charge is 0.0655 e. The number of nitriles is 1. The third kappa shape index (κ3) is 3.62. The Balaban J connectivity index is 2.37. The van der Waals surface area contributed by atoms with Crippen molar-refractivity contribution in [3.8, 4) is 6.07 Å². The minimum atomic E-state index is 0.236. The van der Waals surface area contributed by atoms with Crippen LogP contribution in [0.1, 0.15) is 31.7 Å². The van der Waals surface area contributed by atoms with Gasteiger partial charge < -0.3 is 0 Å². The Kier molecular flexibility index (Phi) is 4.78. The van der Waals surface area contributed by atoms with Crippen molar-refractivity contribution in [2.24, 2.45) is 5.92 Å². The standard InChI is InChI=1S/C13H17N/c1-2-6-13(11-14)10-9-12-7-4-3-5-8-12/h3-5,7-8,13H,2,6,9-10H2,1H3. The van der Waals surface area contributed by atoms with Crippen molar-refractivity contribution in [1.29, 1.82) is 5.26 Å². The fourth-order valence-corrected chi connectivity index (χ4v) is 1.61. The zero-order chi connectivity index (χ0) is 10.2. The molecule has 0 radical (unpaired) electrons. The third-order valence-electron chi connectivity index (χ3n) is 2.44. The number of hydrogen-bond acceptors (Lipinski definition) is 1. The molecule has 1 atom stereocenters. The summed E-state index contributed by atoms with van der Waals surface area (Å²) in [5.41, 5.74) is 1.34. The minimum absolute atomic E-state index is 0.236. The molecule has 74 valence electrons. The molecule has 0 fully saturated rings. The average molecular weight is 187 g/mol. The highest BCUT2D eigenvalue weighted by Gasteiger charge is 2.05. The van der Waals surface area contributed by atoms with Crippen LogP contribution in [-0.4, -0.2) is 0 Å². The summed E-state index contributed by atoms with van der Waals surface area (Å²) in [6, 6.07) is 12.8. The number of aryl methyl sites for hydroxylation is 1. The van der Waals surface area contributed by atoms with Crippen LogP contribution in [0.3, 0.4) is 0 Å². The van der Waals surface area contributed by atoms with Crippen LogP contribution in [0.15, 0.2) is 30.3 Å². The quantitative estimate of drug-likeness (QED) is 0.691. The van der Waals surface area contributed by atoms with Crippen LogP contribution in [0.2, 0.25) is 0 Å². The SMILES string of the molecule is CCCC(C#N)CCc1ccccc1. The van der Waals surface area contributed by atoms with Crippen molar-refractivity contribution in [2.45, 2.75) is 32.6 Å². The maximum absolute atomic E-state index is 8.89. The molecule has 0 heterocycles. The molecule has 0 saturated heterocycles. The third-order valence-corrected chi connectivity index (χ3v) is 2.44. The summed E-state index contributed by atoms with van der Waals surface area (Å²) >= 11 is 0. The highest BCUT2D eigenvalue weighted by atomic mass is 14.3. The molecule has 0 spiro atoms. The van der Waals surface area contributed by atoms with Crippen molar-refractivity contribution < 1.29 is 0 Å². The monoisotopic (exact) mass is 187 g/mol. The molecule has 0 aliphatic carbocycles. The van der Waals surface area contributed by atoms with Crippen molar-refractivity contribution in [2.75, 3.05) is 0 Å². The van der Waals surface area contributed by atoms with E-state index in [2.05, 4.69) is 37.3 Å². The molecule has 14 heavy (non-hydrogen) atoms. The highest BCUT2D eigenvalue weighted by molar-refractivity contribution is 5.14. The second kappa shape index (κ2) is 6.21. The molecule has 0 aliphatic heterocycles. The number of rotatable bonds is 5. The van der Waals surface area contributed by atoms with Gasteiger partial charge in [-0.25, -0.2) is 0 Å². The van der Waals surface area contributed by atoms with Crippen LogP contribution in [-0.2, 0) is 6.42 Å². The lowest BCUT2D eigenvalue weighted by Gasteiger charge is -2.06. The Morgan fingerprint density at radius 3 is 2.50 bits per heavy atom.